The standard InChI is InChI=1S/C12H22N2O4/c1-3-4-5-9(12(16)17)14-6-7-18-8-10(14)11(15)13-2/h9-10H,3-8H2,1-2H3,(H,13,15)(H,16,17). The van der Waals surface area contributed by atoms with Gasteiger partial charge in [0.2, 0.25) is 5.91 Å². The molecule has 1 heterocycles. The maximum Gasteiger partial charge on any atom is 0.320 e. The maximum absolute atomic E-state index is 11.8. The van der Waals surface area contributed by atoms with E-state index in [-0.39, 0.29) is 12.5 Å². The summed E-state index contributed by atoms with van der Waals surface area (Å²) in [4.78, 5) is 24.8. The van der Waals surface area contributed by atoms with Crippen molar-refractivity contribution in [3.05, 3.63) is 0 Å². The summed E-state index contributed by atoms with van der Waals surface area (Å²) in [5.74, 6) is -1.04. The van der Waals surface area contributed by atoms with Crippen LogP contribution < -0.4 is 5.32 Å². The highest BCUT2D eigenvalue weighted by molar-refractivity contribution is 5.83. The molecule has 104 valence electrons. The van der Waals surface area contributed by atoms with Crippen LogP contribution in [-0.2, 0) is 14.3 Å². The van der Waals surface area contributed by atoms with Gasteiger partial charge in [-0.1, -0.05) is 19.8 Å². The molecule has 6 nitrogen and oxygen atoms in total. The molecule has 0 radical (unpaired) electrons. The van der Waals surface area contributed by atoms with Gasteiger partial charge in [-0.2, -0.15) is 0 Å². The first-order chi connectivity index (χ1) is 8.61. The van der Waals surface area contributed by atoms with Gasteiger partial charge in [0.25, 0.3) is 0 Å². The average Bonchev–Trinajstić information content (AvgIpc) is 2.38. The lowest BCUT2D eigenvalue weighted by Gasteiger charge is -2.38. The number of morpholine rings is 1. The minimum Gasteiger partial charge on any atom is -0.480 e. The molecule has 2 unspecified atom stereocenters. The molecule has 0 aromatic heterocycles. The Balaban J connectivity index is 2.77. The number of carbonyl (C=O) groups is 2. The second-order valence-electron chi connectivity index (χ2n) is 4.44. The smallest absolute Gasteiger partial charge is 0.320 e. The second-order valence-corrected chi connectivity index (χ2v) is 4.44. The molecule has 1 saturated heterocycles. The van der Waals surface area contributed by atoms with E-state index in [4.69, 9.17) is 4.74 Å². The topological polar surface area (TPSA) is 78.9 Å². The molecule has 0 spiro atoms. The normalized spacial score (nSPS) is 22.4. The van der Waals surface area contributed by atoms with E-state index in [9.17, 15) is 14.7 Å². The number of carboxylic acid groups (broad SMARTS) is 1. The van der Waals surface area contributed by atoms with Gasteiger partial charge in [-0.05, 0) is 6.42 Å². The van der Waals surface area contributed by atoms with Crippen molar-refractivity contribution in [3.63, 3.8) is 0 Å². The number of amides is 1. The lowest BCUT2D eigenvalue weighted by Crippen LogP contribution is -2.58. The Bertz CT molecular complexity index is 296. The van der Waals surface area contributed by atoms with E-state index in [0.29, 0.717) is 19.6 Å². The van der Waals surface area contributed by atoms with Gasteiger partial charge in [0.15, 0.2) is 0 Å². The monoisotopic (exact) mass is 258 g/mol. The maximum atomic E-state index is 11.8. The van der Waals surface area contributed by atoms with Gasteiger partial charge in [0, 0.05) is 13.6 Å². The van der Waals surface area contributed by atoms with Crippen LogP contribution in [-0.4, -0.2) is 60.8 Å². The number of carboxylic acids is 1. The number of hydrogen-bond donors (Lipinski definition) is 2. The van der Waals surface area contributed by atoms with Crippen molar-refractivity contribution >= 4 is 11.9 Å². The highest BCUT2D eigenvalue weighted by atomic mass is 16.5. The molecule has 0 aromatic rings. The van der Waals surface area contributed by atoms with Crippen LogP contribution in [0.3, 0.4) is 0 Å². The van der Waals surface area contributed by atoms with Gasteiger partial charge in [-0.3, -0.25) is 14.5 Å². The minimum absolute atomic E-state index is 0.183. The fourth-order valence-electron chi connectivity index (χ4n) is 2.21. The highest BCUT2D eigenvalue weighted by Gasteiger charge is 2.36. The first-order valence-electron chi connectivity index (χ1n) is 6.39. The van der Waals surface area contributed by atoms with Crippen LogP contribution in [0.5, 0.6) is 0 Å². The zero-order valence-corrected chi connectivity index (χ0v) is 11.0. The third-order valence-corrected chi connectivity index (χ3v) is 3.24. The molecule has 0 aliphatic carbocycles. The van der Waals surface area contributed by atoms with Gasteiger partial charge in [-0.15, -0.1) is 0 Å². The Morgan fingerprint density at radius 3 is 2.83 bits per heavy atom. The average molecular weight is 258 g/mol. The largest absolute Gasteiger partial charge is 0.480 e. The van der Waals surface area contributed by atoms with Crippen LogP contribution in [0.15, 0.2) is 0 Å². The number of unbranched alkanes of at least 4 members (excludes halogenated alkanes) is 1. The molecule has 0 bridgehead atoms. The summed E-state index contributed by atoms with van der Waals surface area (Å²) in [5.41, 5.74) is 0. The lowest BCUT2D eigenvalue weighted by molar-refractivity contribution is -0.151. The van der Waals surface area contributed by atoms with Crippen LogP contribution in [0.1, 0.15) is 26.2 Å². The van der Waals surface area contributed by atoms with E-state index in [1.165, 1.54) is 0 Å². The Kier molecular flexibility index (Phi) is 6.07. The van der Waals surface area contributed by atoms with Crippen molar-refractivity contribution < 1.29 is 19.4 Å². The molecule has 1 aliphatic heterocycles. The number of carbonyl (C=O) groups excluding carboxylic acids is 1. The van der Waals surface area contributed by atoms with Gasteiger partial charge in [0.1, 0.15) is 12.1 Å². The Labute approximate surface area is 107 Å². The summed E-state index contributed by atoms with van der Waals surface area (Å²) < 4.78 is 5.27. The summed E-state index contributed by atoms with van der Waals surface area (Å²) in [6, 6.07) is -1.10. The van der Waals surface area contributed by atoms with Crippen LogP contribution in [0, 0.1) is 0 Å². The first-order valence-corrected chi connectivity index (χ1v) is 6.39. The number of aliphatic carboxylic acids is 1. The summed E-state index contributed by atoms with van der Waals surface area (Å²) in [7, 11) is 1.55. The number of nitrogens with one attached hydrogen (secondary N) is 1. The summed E-state index contributed by atoms with van der Waals surface area (Å²) in [6.45, 7) is 3.24. The van der Waals surface area contributed by atoms with Crippen molar-refractivity contribution in [3.8, 4) is 0 Å². The highest BCUT2D eigenvalue weighted by Crippen LogP contribution is 2.16. The summed E-state index contributed by atoms with van der Waals surface area (Å²) in [6.07, 6.45) is 2.35. The van der Waals surface area contributed by atoms with Crippen molar-refractivity contribution in [1.29, 1.82) is 0 Å². The van der Waals surface area contributed by atoms with Crippen molar-refractivity contribution in [2.75, 3.05) is 26.8 Å². The molecule has 0 aromatic carbocycles. The summed E-state index contributed by atoms with van der Waals surface area (Å²) in [5, 5.41) is 11.9. The molecule has 2 N–H and O–H groups in total. The first kappa shape index (κ1) is 14.9. The summed E-state index contributed by atoms with van der Waals surface area (Å²) >= 11 is 0. The molecule has 1 amide bonds. The molecule has 6 heteroatoms. The Morgan fingerprint density at radius 2 is 2.28 bits per heavy atom. The van der Waals surface area contributed by atoms with Crippen molar-refractivity contribution in [2.45, 2.75) is 38.3 Å². The Morgan fingerprint density at radius 1 is 1.56 bits per heavy atom. The van der Waals surface area contributed by atoms with E-state index < -0.39 is 18.1 Å². The van der Waals surface area contributed by atoms with Gasteiger partial charge in [0.05, 0.1) is 13.2 Å². The predicted molar refractivity (Wildman–Crippen MR) is 66.3 cm³/mol. The molecule has 1 aliphatic rings. The van der Waals surface area contributed by atoms with Gasteiger partial charge < -0.3 is 15.2 Å². The number of likely N-dealkylation sites (N-methyl/N-ethyl adjacent to an activating group) is 1. The number of ether oxygens (including phenoxy) is 1. The molecular weight excluding hydrogens is 236 g/mol. The fourth-order valence-corrected chi connectivity index (χ4v) is 2.21. The van der Waals surface area contributed by atoms with Crippen molar-refractivity contribution in [1.82, 2.24) is 10.2 Å². The molecule has 18 heavy (non-hydrogen) atoms. The molecule has 2 atom stereocenters. The predicted octanol–water partition coefficient (Wildman–Crippen LogP) is 0.0766. The van der Waals surface area contributed by atoms with E-state index in [1.807, 2.05) is 6.92 Å². The van der Waals surface area contributed by atoms with E-state index in [2.05, 4.69) is 5.32 Å². The third kappa shape index (κ3) is 3.68. The molecular formula is C12H22N2O4. The fraction of sp³-hybridized carbons (Fsp3) is 0.833. The molecule has 0 saturated carbocycles. The zero-order valence-electron chi connectivity index (χ0n) is 11.0. The number of hydrogen-bond acceptors (Lipinski definition) is 4. The van der Waals surface area contributed by atoms with E-state index >= 15 is 0 Å². The number of nitrogens with zero attached hydrogens (tertiary/aromatic N) is 1. The number of rotatable bonds is 6. The zero-order chi connectivity index (χ0) is 13.5. The SMILES string of the molecule is CCCCC(C(=O)O)N1CCOCC1C(=O)NC. The van der Waals surface area contributed by atoms with Gasteiger partial charge >= 0.3 is 5.97 Å². The van der Waals surface area contributed by atoms with Crippen molar-refractivity contribution in [2.24, 2.45) is 0 Å². The molecule has 1 fully saturated rings. The quantitative estimate of drug-likeness (QED) is 0.705. The lowest BCUT2D eigenvalue weighted by atomic mass is 10.0. The Hall–Kier alpha value is -1.14. The minimum atomic E-state index is -0.862. The van der Waals surface area contributed by atoms with Crippen LogP contribution in [0.25, 0.3) is 0 Å². The van der Waals surface area contributed by atoms with Crippen LogP contribution in [0.2, 0.25) is 0 Å². The van der Waals surface area contributed by atoms with E-state index in [0.717, 1.165) is 12.8 Å². The van der Waals surface area contributed by atoms with Crippen LogP contribution in [0.4, 0.5) is 0 Å². The van der Waals surface area contributed by atoms with Crippen LogP contribution >= 0.6 is 0 Å². The second kappa shape index (κ2) is 7.33. The third-order valence-electron chi connectivity index (χ3n) is 3.24. The van der Waals surface area contributed by atoms with Gasteiger partial charge in [-0.25, -0.2) is 0 Å². The van der Waals surface area contributed by atoms with E-state index in [1.54, 1.807) is 11.9 Å². The molecule has 1 rings (SSSR count).